The van der Waals surface area contributed by atoms with Gasteiger partial charge in [0.2, 0.25) is 11.7 Å². The van der Waals surface area contributed by atoms with E-state index in [0.29, 0.717) is 22.8 Å². The second-order valence-corrected chi connectivity index (χ2v) is 11.5. The summed E-state index contributed by atoms with van der Waals surface area (Å²) < 4.78 is 33.5. The second kappa shape index (κ2) is 14.0. The zero-order valence-electron chi connectivity index (χ0n) is 26.1. The molecule has 4 N–H and O–H groups in total. The number of carbonyl (C=O) groups is 3. The van der Waals surface area contributed by atoms with Crippen LogP contribution in [0, 0.1) is 5.92 Å². The Morgan fingerprint density at radius 3 is 2.48 bits per heavy atom. The van der Waals surface area contributed by atoms with Crippen LogP contribution in [-0.2, 0) is 27.9 Å². The number of tetrazole rings is 1. The third-order valence-corrected chi connectivity index (χ3v) is 7.39. The van der Waals surface area contributed by atoms with Gasteiger partial charge in [0.05, 0.1) is 43.3 Å². The Kier molecular flexibility index (Phi) is 9.88. The van der Waals surface area contributed by atoms with Crippen molar-refractivity contribution >= 4 is 37.1 Å². The first-order valence-corrected chi connectivity index (χ1v) is 15.8. The molecule has 48 heavy (non-hydrogen) atoms. The van der Waals surface area contributed by atoms with E-state index in [1.165, 1.54) is 55.0 Å². The number of phosphoric acid groups is 1. The third kappa shape index (κ3) is 7.86. The lowest BCUT2D eigenvalue weighted by molar-refractivity contribution is -0.117. The molecule has 2 heterocycles. The first-order valence-electron chi connectivity index (χ1n) is 14.2. The van der Waals surface area contributed by atoms with Gasteiger partial charge in [-0.1, -0.05) is 6.07 Å². The number of phosphoric ester groups is 1. The number of ether oxygens (including phenoxy) is 3. The van der Waals surface area contributed by atoms with Crippen LogP contribution in [-0.4, -0.2) is 73.6 Å². The maximum Gasteiger partial charge on any atom is 0.524 e. The molecule has 1 fully saturated rings. The molecule has 19 heteroatoms. The summed E-state index contributed by atoms with van der Waals surface area (Å²) in [6.07, 6.45) is 2.82. The quantitative estimate of drug-likeness (QED) is 0.124. The van der Waals surface area contributed by atoms with Gasteiger partial charge in [-0.25, -0.2) is 14.4 Å². The van der Waals surface area contributed by atoms with Crippen LogP contribution < -0.4 is 30.0 Å². The van der Waals surface area contributed by atoms with E-state index in [-0.39, 0.29) is 45.6 Å². The Balaban J connectivity index is 1.54. The molecule has 0 spiro atoms. The highest BCUT2D eigenvalue weighted by Crippen LogP contribution is 2.42. The monoisotopic (exact) mass is 682 g/mol. The number of benzene rings is 2. The van der Waals surface area contributed by atoms with Gasteiger partial charge in [-0.3, -0.25) is 23.9 Å². The third-order valence-electron chi connectivity index (χ3n) is 6.95. The molecule has 4 aromatic rings. The molecular formula is C29H31N8O10P. The standard InChI is InChI=1S/C29H31N8O10P/c1-30-28(39)19-14-37(15-46-29(40)17-10-11-22(23(12-17)44-3)47-48(41,42)43)24(32-27(38)16-8-9-16)13-21(19)31-20-7-5-6-18(25(20)45-4)26-33-35-36(2)34-26/h5-7,10-14,16H,8-9,15H2,1-4H3,(H,30,39)(H,32,38)(H2,41,42,43). The van der Waals surface area contributed by atoms with E-state index in [2.05, 4.69) is 30.6 Å². The molecule has 1 aliphatic carbocycles. The van der Waals surface area contributed by atoms with Crippen LogP contribution in [0.25, 0.3) is 11.4 Å². The molecule has 2 amide bonds. The molecule has 5 rings (SSSR count). The first kappa shape index (κ1) is 33.8. The summed E-state index contributed by atoms with van der Waals surface area (Å²) in [5.41, 5.74) is 0.878. The molecule has 2 aromatic heterocycles. The Labute approximate surface area is 272 Å². The maximum absolute atomic E-state index is 13.1. The molecule has 0 saturated heterocycles. The lowest BCUT2D eigenvalue weighted by Gasteiger charge is -2.17. The summed E-state index contributed by atoms with van der Waals surface area (Å²) in [6.45, 7) is -0.455. The number of aryl methyl sites for hydroxylation is 1. The zero-order chi connectivity index (χ0) is 34.6. The average Bonchev–Trinajstić information content (AvgIpc) is 3.83. The summed E-state index contributed by atoms with van der Waals surface area (Å²) in [5.74, 6) is -1.43. The minimum absolute atomic E-state index is 0.0307. The van der Waals surface area contributed by atoms with E-state index in [0.717, 1.165) is 18.9 Å². The van der Waals surface area contributed by atoms with Gasteiger partial charge in [-0.2, -0.15) is 4.80 Å². The van der Waals surface area contributed by atoms with E-state index < -0.39 is 26.4 Å². The fraction of sp³-hybridized carbons (Fsp3) is 0.276. The lowest BCUT2D eigenvalue weighted by Crippen LogP contribution is -2.29. The van der Waals surface area contributed by atoms with Crippen LogP contribution in [0.3, 0.4) is 0 Å². The van der Waals surface area contributed by atoms with Crippen LogP contribution in [0.1, 0.15) is 33.6 Å². The number of hydrogen-bond acceptors (Lipinski definition) is 12. The van der Waals surface area contributed by atoms with Gasteiger partial charge in [0, 0.05) is 25.2 Å². The zero-order valence-corrected chi connectivity index (χ0v) is 27.0. The largest absolute Gasteiger partial charge is 0.524 e. The van der Waals surface area contributed by atoms with Crippen molar-refractivity contribution in [2.75, 3.05) is 26.6 Å². The van der Waals surface area contributed by atoms with Crippen LogP contribution in [0.5, 0.6) is 17.2 Å². The molecule has 252 valence electrons. The number of nitrogens with one attached hydrogen (secondary N) is 2. The number of rotatable bonds is 12. The first-order chi connectivity index (χ1) is 22.9. The van der Waals surface area contributed by atoms with Crippen LogP contribution in [0.15, 0.2) is 53.7 Å². The van der Waals surface area contributed by atoms with Crippen molar-refractivity contribution in [1.82, 2.24) is 30.1 Å². The summed E-state index contributed by atoms with van der Waals surface area (Å²) in [5, 5.41) is 17.7. The molecule has 18 nitrogen and oxygen atoms in total. The lowest BCUT2D eigenvalue weighted by atomic mass is 10.1. The van der Waals surface area contributed by atoms with Crippen molar-refractivity contribution in [3.05, 3.63) is 65.1 Å². The smallest absolute Gasteiger partial charge is 0.494 e. The summed E-state index contributed by atoms with van der Waals surface area (Å²) in [6, 6.07) is 10.1. The summed E-state index contributed by atoms with van der Waals surface area (Å²) >= 11 is 0. The highest BCUT2D eigenvalue weighted by atomic mass is 31.2. The van der Waals surface area contributed by atoms with Crippen molar-refractivity contribution in [3.8, 4) is 28.6 Å². The van der Waals surface area contributed by atoms with Crippen molar-refractivity contribution in [3.63, 3.8) is 0 Å². The number of aromatic nitrogens is 5. The normalized spacial score (nSPS) is 13.1. The van der Waals surface area contributed by atoms with E-state index in [4.69, 9.17) is 29.0 Å². The number of esters is 1. The van der Waals surface area contributed by atoms with Crippen molar-refractivity contribution in [2.24, 2.45) is 18.0 Å². The van der Waals surface area contributed by atoms with Crippen molar-refractivity contribution in [1.29, 1.82) is 0 Å². The Bertz CT molecular complexity index is 2000. The molecular weight excluding hydrogens is 651 g/mol. The fourth-order valence-electron chi connectivity index (χ4n) is 4.51. The number of pyridine rings is 1. The topological polar surface area (TPSA) is 231 Å². The molecule has 0 atom stereocenters. The van der Waals surface area contributed by atoms with Crippen LogP contribution >= 0.6 is 7.82 Å². The van der Waals surface area contributed by atoms with E-state index in [1.807, 2.05) is 0 Å². The van der Waals surface area contributed by atoms with Crippen molar-refractivity contribution in [2.45, 2.75) is 19.6 Å². The number of nitrogens with zero attached hydrogens (tertiary/aromatic N) is 6. The Morgan fingerprint density at radius 1 is 1.08 bits per heavy atom. The Morgan fingerprint density at radius 2 is 1.85 bits per heavy atom. The number of amides is 2. The van der Waals surface area contributed by atoms with Crippen molar-refractivity contribution < 1.29 is 47.5 Å². The van der Waals surface area contributed by atoms with Gasteiger partial charge in [0.1, 0.15) is 11.5 Å². The summed E-state index contributed by atoms with van der Waals surface area (Å²) in [7, 11) is 0.852. The van der Waals surface area contributed by atoms with Gasteiger partial charge in [-0.15, -0.1) is 10.2 Å². The number of para-hydroxylation sites is 1. The molecule has 0 unspecified atom stereocenters. The fourth-order valence-corrected chi connectivity index (χ4v) is 4.91. The maximum atomic E-state index is 13.1. The molecule has 0 bridgehead atoms. The highest BCUT2D eigenvalue weighted by Gasteiger charge is 2.30. The second-order valence-electron chi connectivity index (χ2n) is 10.4. The molecule has 0 aliphatic heterocycles. The van der Waals surface area contributed by atoms with Gasteiger partial charge >= 0.3 is 13.8 Å². The minimum atomic E-state index is -4.89. The number of methoxy groups -OCH3 is 2. The van der Waals surface area contributed by atoms with E-state index in [1.54, 1.807) is 25.2 Å². The minimum Gasteiger partial charge on any atom is -0.494 e. The number of hydrogen-bond donors (Lipinski definition) is 4. The van der Waals surface area contributed by atoms with Gasteiger partial charge in [-0.05, 0) is 48.4 Å². The predicted octanol–water partition coefficient (Wildman–Crippen LogP) is 1.92. The number of carbonyl (C=O) groups excluding carboxylic acids is 3. The predicted molar refractivity (Wildman–Crippen MR) is 166 cm³/mol. The van der Waals surface area contributed by atoms with Crippen LogP contribution in [0.2, 0.25) is 0 Å². The number of anilines is 1. The van der Waals surface area contributed by atoms with E-state index in [9.17, 15) is 18.9 Å². The summed E-state index contributed by atoms with van der Waals surface area (Å²) in [4.78, 5) is 63.3. The molecule has 2 aromatic carbocycles. The molecule has 1 saturated carbocycles. The van der Waals surface area contributed by atoms with Gasteiger partial charge in [0.15, 0.2) is 24.0 Å². The van der Waals surface area contributed by atoms with Crippen LogP contribution in [0.4, 0.5) is 11.5 Å². The SMILES string of the molecule is CNC(=O)c1cn(COC(=O)c2ccc(OP(=O)(O)O)c(OC)c2)c(NC(=O)C2CC2)cc1=Nc1cccc(-c2nnn(C)n2)c1OC. The van der Waals surface area contributed by atoms with E-state index >= 15 is 0 Å². The molecule has 1 aliphatic rings. The average molecular weight is 683 g/mol. The highest BCUT2D eigenvalue weighted by molar-refractivity contribution is 7.46. The molecule has 0 radical (unpaired) electrons. The van der Waals surface area contributed by atoms with Gasteiger partial charge in [0.25, 0.3) is 5.91 Å². The van der Waals surface area contributed by atoms with Gasteiger partial charge < -0.3 is 29.4 Å². The Hall–Kier alpha value is -5.58.